The summed E-state index contributed by atoms with van der Waals surface area (Å²) in [6, 6.07) is 17.0. The quantitative estimate of drug-likeness (QED) is 0.191. The molecule has 0 saturated heterocycles. The summed E-state index contributed by atoms with van der Waals surface area (Å²) in [4.78, 5) is 27.3. The molecule has 9 nitrogen and oxygen atoms in total. The molecular weight excluding hydrogens is 585 g/mol. The van der Waals surface area contributed by atoms with Crippen molar-refractivity contribution in [1.29, 1.82) is 0 Å². The molecule has 2 aromatic carbocycles. The molecular formula is C30H26ClF3N6O3. The number of alkyl halides is 3. The second-order valence-electron chi connectivity index (χ2n) is 10.6. The van der Waals surface area contributed by atoms with E-state index in [2.05, 4.69) is 25.0 Å². The van der Waals surface area contributed by atoms with Crippen LogP contribution in [0.5, 0.6) is 6.01 Å². The second kappa shape index (κ2) is 11.7. The third kappa shape index (κ3) is 6.80. The average molecular weight is 611 g/mol. The Bertz CT molecular complexity index is 1740. The van der Waals surface area contributed by atoms with Gasteiger partial charge in [-0.2, -0.15) is 23.3 Å². The van der Waals surface area contributed by atoms with Crippen LogP contribution in [0.25, 0.3) is 44.9 Å². The largest absolute Gasteiger partial charge is 0.481 e. The number of nitrogens with one attached hydrogen (secondary N) is 1. The van der Waals surface area contributed by atoms with Gasteiger partial charge in [0.25, 0.3) is 6.01 Å². The van der Waals surface area contributed by atoms with Crippen molar-refractivity contribution in [2.45, 2.75) is 50.9 Å². The Labute approximate surface area is 248 Å². The van der Waals surface area contributed by atoms with Gasteiger partial charge in [0.05, 0.1) is 16.2 Å². The van der Waals surface area contributed by atoms with Gasteiger partial charge in [0.15, 0.2) is 11.5 Å². The van der Waals surface area contributed by atoms with Crippen LogP contribution in [-0.4, -0.2) is 53.1 Å². The molecule has 0 spiro atoms. The summed E-state index contributed by atoms with van der Waals surface area (Å²) in [6.07, 6.45) is 0.00863. The fourth-order valence-electron chi connectivity index (χ4n) is 5.33. The molecule has 3 aromatic heterocycles. The molecule has 0 radical (unpaired) electrons. The number of H-pyrrole nitrogens is 1. The Morgan fingerprint density at radius 1 is 0.977 bits per heavy atom. The number of pyridine rings is 1. The van der Waals surface area contributed by atoms with Crippen LogP contribution in [0.2, 0.25) is 5.02 Å². The smallest absolute Gasteiger partial charge is 0.408 e. The van der Waals surface area contributed by atoms with Crippen LogP contribution in [0.4, 0.5) is 13.2 Å². The number of imidazole rings is 1. The molecule has 1 saturated carbocycles. The molecule has 0 aliphatic heterocycles. The summed E-state index contributed by atoms with van der Waals surface area (Å²) in [5.41, 5.74) is 4.94. The Hall–Kier alpha value is -4.45. The minimum atomic E-state index is -4.37. The van der Waals surface area contributed by atoms with Crippen molar-refractivity contribution in [3.63, 3.8) is 0 Å². The van der Waals surface area contributed by atoms with Crippen molar-refractivity contribution in [2.75, 3.05) is 0 Å². The summed E-state index contributed by atoms with van der Waals surface area (Å²) >= 11 is 6.59. The van der Waals surface area contributed by atoms with Gasteiger partial charge in [-0.15, -0.1) is 0 Å². The molecule has 0 amide bonds. The summed E-state index contributed by atoms with van der Waals surface area (Å²) in [7, 11) is 0. The molecule has 0 atom stereocenters. The van der Waals surface area contributed by atoms with Gasteiger partial charge >= 0.3 is 12.1 Å². The minimum absolute atomic E-state index is 0.0369. The Morgan fingerprint density at radius 2 is 1.60 bits per heavy atom. The number of carboxylic acids is 1. The maximum Gasteiger partial charge on any atom is 0.408 e. The first kappa shape index (κ1) is 28.7. The molecule has 3 heterocycles. The van der Waals surface area contributed by atoms with Crippen molar-refractivity contribution in [1.82, 2.24) is 29.7 Å². The monoisotopic (exact) mass is 610 g/mol. The highest BCUT2D eigenvalue weighted by molar-refractivity contribution is 6.33. The zero-order chi connectivity index (χ0) is 30.1. The lowest BCUT2D eigenvalue weighted by Crippen LogP contribution is -2.25. The Balaban J connectivity index is 1.13. The molecule has 1 fully saturated rings. The second-order valence-corrected chi connectivity index (χ2v) is 11.0. The minimum Gasteiger partial charge on any atom is -0.481 e. The number of aliphatic carboxylic acids is 1. The number of aromatic amines is 1. The first-order chi connectivity index (χ1) is 20.6. The van der Waals surface area contributed by atoms with Crippen LogP contribution >= 0.6 is 11.6 Å². The topological polar surface area (TPSA) is 119 Å². The lowest BCUT2D eigenvalue weighted by Gasteiger charge is -2.27. The Kier molecular flexibility index (Phi) is 7.78. The number of benzene rings is 2. The van der Waals surface area contributed by atoms with Gasteiger partial charge in [0.2, 0.25) is 0 Å². The number of carboxylic acid groups (broad SMARTS) is 1. The van der Waals surface area contributed by atoms with Gasteiger partial charge in [0, 0.05) is 17.5 Å². The summed E-state index contributed by atoms with van der Waals surface area (Å²) in [6.45, 7) is -1.19. The summed E-state index contributed by atoms with van der Waals surface area (Å²) in [5.74, 6) is -0.360. The van der Waals surface area contributed by atoms with Crippen molar-refractivity contribution < 1.29 is 27.8 Å². The number of hydrogen-bond donors (Lipinski definition) is 2. The van der Waals surface area contributed by atoms with Gasteiger partial charge in [-0.25, -0.2) is 14.6 Å². The number of hydrogen-bond acceptors (Lipinski definition) is 6. The molecule has 6 rings (SSSR count). The standard InChI is InChI=1S/C30H26ClF3N6O3/c31-23-14-24-28(38-29(36-24)43-22-11-1-17(2-12-22)13-25(41)42)37-26(23)20-7-3-18(4-8-20)19-5-9-21(10-6-19)27-35-16-40(39-27)15-30(32,33)34/h3-10,14,16-17,22H,1-2,11-13,15H2,(H,41,42)(H,36,37,38)/t17-,22-. The fraction of sp³-hybridized carbons (Fsp3) is 0.300. The third-order valence-corrected chi connectivity index (χ3v) is 7.74. The van der Waals surface area contributed by atoms with Crippen LogP contribution in [0.3, 0.4) is 0 Å². The van der Waals surface area contributed by atoms with E-state index in [9.17, 15) is 18.0 Å². The normalized spacial score (nSPS) is 17.3. The van der Waals surface area contributed by atoms with Crippen LogP contribution < -0.4 is 4.74 Å². The summed E-state index contributed by atoms with van der Waals surface area (Å²) < 4.78 is 44.7. The van der Waals surface area contributed by atoms with Gasteiger partial charge in [0.1, 0.15) is 19.0 Å². The molecule has 0 unspecified atom stereocenters. The van der Waals surface area contributed by atoms with Gasteiger partial charge < -0.3 is 14.8 Å². The number of ether oxygens (including phenoxy) is 1. The van der Waals surface area contributed by atoms with E-state index in [1.807, 2.05) is 36.4 Å². The van der Waals surface area contributed by atoms with E-state index in [1.165, 1.54) is 0 Å². The lowest BCUT2D eigenvalue weighted by atomic mass is 9.85. The zero-order valence-corrected chi connectivity index (χ0v) is 23.4. The molecule has 1 aliphatic rings. The fourth-order valence-corrected chi connectivity index (χ4v) is 5.59. The van der Waals surface area contributed by atoms with E-state index in [0.29, 0.717) is 33.5 Å². The van der Waals surface area contributed by atoms with E-state index in [4.69, 9.17) is 21.4 Å². The van der Waals surface area contributed by atoms with Crippen LogP contribution in [0, 0.1) is 5.92 Å². The molecule has 1 aliphatic carbocycles. The van der Waals surface area contributed by atoms with Crippen molar-refractivity contribution in [3.8, 4) is 39.8 Å². The molecule has 0 bridgehead atoms. The predicted octanol–water partition coefficient (Wildman–Crippen LogP) is 7.18. The van der Waals surface area contributed by atoms with Crippen molar-refractivity contribution in [2.24, 2.45) is 5.92 Å². The highest BCUT2D eigenvalue weighted by Crippen LogP contribution is 2.33. The van der Waals surface area contributed by atoms with Crippen LogP contribution in [0.1, 0.15) is 32.1 Å². The Morgan fingerprint density at radius 3 is 2.23 bits per heavy atom. The number of halogens is 4. The van der Waals surface area contributed by atoms with E-state index in [1.54, 1.807) is 18.2 Å². The number of nitrogens with zero attached hydrogens (tertiary/aromatic N) is 5. The average Bonchev–Trinajstić information content (AvgIpc) is 3.58. The molecule has 5 aromatic rings. The van der Waals surface area contributed by atoms with Crippen molar-refractivity contribution >= 4 is 28.7 Å². The van der Waals surface area contributed by atoms with E-state index in [-0.39, 0.29) is 24.3 Å². The third-order valence-electron chi connectivity index (χ3n) is 7.45. The number of aromatic nitrogens is 6. The zero-order valence-electron chi connectivity index (χ0n) is 22.7. The van der Waals surface area contributed by atoms with Gasteiger partial charge in [-0.05, 0) is 48.8 Å². The highest BCUT2D eigenvalue weighted by atomic mass is 35.5. The van der Waals surface area contributed by atoms with Crippen molar-refractivity contribution in [3.05, 3.63) is 65.9 Å². The SMILES string of the molecule is O=C(O)C[C@H]1CC[C@H](Oc2nc3nc(-c4ccc(-c5ccc(-c6ncn(CC(F)(F)F)n6)cc5)cc4)c(Cl)cc3[nH]2)CC1. The highest BCUT2D eigenvalue weighted by Gasteiger charge is 2.29. The molecule has 222 valence electrons. The number of rotatable bonds is 8. The first-order valence-electron chi connectivity index (χ1n) is 13.7. The number of fused-ring (bicyclic) bond motifs is 1. The van der Waals surface area contributed by atoms with Crippen LogP contribution in [-0.2, 0) is 11.3 Å². The lowest BCUT2D eigenvalue weighted by molar-refractivity contribution is -0.142. The van der Waals surface area contributed by atoms with Gasteiger partial charge in [-0.3, -0.25) is 4.79 Å². The van der Waals surface area contributed by atoms with E-state index < -0.39 is 18.7 Å². The first-order valence-corrected chi connectivity index (χ1v) is 14.1. The maximum absolute atomic E-state index is 12.6. The molecule has 43 heavy (non-hydrogen) atoms. The maximum atomic E-state index is 12.6. The predicted molar refractivity (Wildman–Crippen MR) is 153 cm³/mol. The van der Waals surface area contributed by atoms with Gasteiger partial charge in [-0.1, -0.05) is 60.1 Å². The van der Waals surface area contributed by atoms with E-state index in [0.717, 1.165) is 53.4 Å². The van der Waals surface area contributed by atoms with Crippen LogP contribution in [0.15, 0.2) is 60.9 Å². The summed E-state index contributed by atoms with van der Waals surface area (Å²) in [5, 5.41) is 13.4. The molecule has 2 N–H and O–H groups in total. The molecule has 13 heteroatoms. The number of carbonyl (C=O) groups is 1. The van der Waals surface area contributed by atoms with E-state index >= 15 is 0 Å².